The summed E-state index contributed by atoms with van der Waals surface area (Å²) >= 11 is 0. The fourth-order valence-electron chi connectivity index (χ4n) is 1.93. The van der Waals surface area contributed by atoms with Crippen LogP contribution in [0.15, 0.2) is 12.4 Å². The van der Waals surface area contributed by atoms with Crippen LogP contribution in [-0.4, -0.2) is 41.0 Å². The van der Waals surface area contributed by atoms with Crippen LogP contribution in [-0.2, 0) is 0 Å². The fourth-order valence-corrected chi connectivity index (χ4v) is 1.93. The molecule has 1 N–H and O–H groups in total. The van der Waals surface area contributed by atoms with E-state index in [1.807, 2.05) is 6.92 Å². The van der Waals surface area contributed by atoms with Crippen LogP contribution in [0, 0.1) is 6.92 Å². The SMILES string of the molecule is CCC(C)N(C)CCNC(C)c1nccnc1C. The number of nitrogens with zero attached hydrogens (tertiary/aromatic N) is 3. The van der Waals surface area contributed by atoms with Gasteiger partial charge in [0.15, 0.2) is 0 Å². The van der Waals surface area contributed by atoms with E-state index in [9.17, 15) is 0 Å². The molecule has 1 heterocycles. The number of aryl methyl sites for hydroxylation is 1. The van der Waals surface area contributed by atoms with E-state index in [0.717, 1.165) is 24.5 Å². The molecule has 0 saturated carbocycles. The quantitative estimate of drug-likeness (QED) is 0.805. The lowest BCUT2D eigenvalue weighted by atomic mass is 10.2. The summed E-state index contributed by atoms with van der Waals surface area (Å²) in [4.78, 5) is 11.0. The first-order chi connectivity index (χ1) is 8.56. The average molecular weight is 250 g/mol. The van der Waals surface area contributed by atoms with E-state index < -0.39 is 0 Å². The first-order valence-electron chi connectivity index (χ1n) is 6.77. The molecule has 0 bridgehead atoms. The number of nitrogens with one attached hydrogen (secondary N) is 1. The minimum atomic E-state index is 0.254. The fraction of sp³-hybridized carbons (Fsp3) is 0.714. The van der Waals surface area contributed by atoms with Crippen molar-refractivity contribution in [3.05, 3.63) is 23.8 Å². The summed E-state index contributed by atoms with van der Waals surface area (Å²) in [6.45, 7) is 10.7. The lowest BCUT2D eigenvalue weighted by Crippen LogP contribution is -2.36. The Morgan fingerprint density at radius 3 is 2.56 bits per heavy atom. The van der Waals surface area contributed by atoms with E-state index in [1.165, 1.54) is 6.42 Å². The van der Waals surface area contributed by atoms with Gasteiger partial charge >= 0.3 is 0 Å². The van der Waals surface area contributed by atoms with Gasteiger partial charge in [-0.15, -0.1) is 0 Å². The van der Waals surface area contributed by atoms with Crippen molar-refractivity contribution in [2.45, 2.75) is 46.2 Å². The van der Waals surface area contributed by atoms with Crippen LogP contribution in [0.25, 0.3) is 0 Å². The van der Waals surface area contributed by atoms with Gasteiger partial charge in [-0.2, -0.15) is 0 Å². The third-order valence-electron chi connectivity index (χ3n) is 3.59. The van der Waals surface area contributed by atoms with Gasteiger partial charge in [0.25, 0.3) is 0 Å². The molecule has 1 aromatic rings. The molecular weight excluding hydrogens is 224 g/mol. The molecule has 0 fully saturated rings. The molecule has 1 rings (SSSR count). The van der Waals surface area contributed by atoms with Crippen molar-refractivity contribution in [2.75, 3.05) is 20.1 Å². The van der Waals surface area contributed by atoms with Gasteiger partial charge in [0, 0.05) is 37.6 Å². The Morgan fingerprint density at radius 1 is 1.28 bits per heavy atom. The van der Waals surface area contributed by atoms with Gasteiger partial charge in [0.1, 0.15) is 0 Å². The van der Waals surface area contributed by atoms with Gasteiger partial charge in [-0.3, -0.25) is 9.97 Å². The molecule has 4 nitrogen and oxygen atoms in total. The molecule has 0 aliphatic carbocycles. The van der Waals surface area contributed by atoms with Crippen molar-refractivity contribution in [1.29, 1.82) is 0 Å². The Hall–Kier alpha value is -1.00. The monoisotopic (exact) mass is 250 g/mol. The second-order valence-corrected chi connectivity index (χ2v) is 4.94. The average Bonchev–Trinajstić information content (AvgIpc) is 2.37. The topological polar surface area (TPSA) is 41.0 Å². The summed E-state index contributed by atoms with van der Waals surface area (Å²) in [5.74, 6) is 0. The lowest BCUT2D eigenvalue weighted by molar-refractivity contribution is 0.249. The minimum Gasteiger partial charge on any atom is -0.308 e. The third kappa shape index (κ3) is 4.35. The van der Waals surface area contributed by atoms with Crippen LogP contribution in [0.3, 0.4) is 0 Å². The second-order valence-electron chi connectivity index (χ2n) is 4.94. The largest absolute Gasteiger partial charge is 0.308 e. The van der Waals surface area contributed by atoms with Crippen molar-refractivity contribution in [2.24, 2.45) is 0 Å². The Morgan fingerprint density at radius 2 is 1.94 bits per heavy atom. The van der Waals surface area contributed by atoms with E-state index >= 15 is 0 Å². The van der Waals surface area contributed by atoms with Crippen molar-refractivity contribution < 1.29 is 0 Å². The molecule has 1 aromatic heterocycles. The highest BCUT2D eigenvalue weighted by atomic mass is 15.1. The molecule has 4 heteroatoms. The molecule has 18 heavy (non-hydrogen) atoms. The lowest BCUT2D eigenvalue weighted by Gasteiger charge is -2.24. The zero-order valence-electron chi connectivity index (χ0n) is 12.3. The van der Waals surface area contributed by atoms with Gasteiger partial charge in [-0.25, -0.2) is 0 Å². The van der Waals surface area contributed by atoms with Gasteiger partial charge < -0.3 is 10.2 Å². The van der Waals surface area contributed by atoms with Crippen LogP contribution in [0.1, 0.15) is 44.6 Å². The van der Waals surface area contributed by atoms with E-state index in [2.05, 4.69) is 48.0 Å². The number of hydrogen-bond donors (Lipinski definition) is 1. The molecule has 0 spiro atoms. The van der Waals surface area contributed by atoms with Crippen molar-refractivity contribution in [3.63, 3.8) is 0 Å². The molecule has 0 radical (unpaired) electrons. The van der Waals surface area contributed by atoms with Crippen LogP contribution in [0.2, 0.25) is 0 Å². The van der Waals surface area contributed by atoms with E-state index in [0.29, 0.717) is 6.04 Å². The number of hydrogen-bond acceptors (Lipinski definition) is 4. The number of rotatable bonds is 7. The molecule has 102 valence electrons. The first kappa shape index (κ1) is 15.1. The zero-order chi connectivity index (χ0) is 13.5. The highest BCUT2D eigenvalue weighted by molar-refractivity contribution is 5.12. The first-order valence-corrected chi connectivity index (χ1v) is 6.77. The normalized spacial score (nSPS) is 14.8. The maximum Gasteiger partial charge on any atom is 0.0782 e. The van der Waals surface area contributed by atoms with Gasteiger partial charge in [0.2, 0.25) is 0 Å². The number of likely N-dealkylation sites (N-methyl/N-ethyl adjacent to an activating group) is 1. The Bertz CT molecular complexity index is 353. The van der Waals surface area contributed by atoms with E-state index in [4.69, 9.17) is 0 Å². The number of aromatic nitrogens is 2. The van der Waals surface area contributed by atoms with Crippen molar-refractivity contribution >= 4 is 0 Å². The second kappa shape index (κ2) is 7.44. The van der Waals surface area contributed by atoms with Gasteiger partial charge in [0.05, 0.1) is 11.4 Å². The maximum absolute atomic E-state index is 4.39. The standard InChI is InChI=1S/C14H26N4/c1-6-11(2)18(5)10-9-16-13(4)14-12(3)15-7-8-17-14/h7-8,11,13,16H,6,9-10H2,1-5H3. The third-order valence-corrected chi connectivity index (χ3v) is 3.59. The highest BCUT2D eigenvalue weighted by Gasteiger charge is 2.11. The predicted octanol–water partition coefficient (Wildman–Crippen LogP) is 2.17. The maximum atomic E-state index is 4.39. The van der Waals surface area contributed by atoms with E-state index in [1.54, 1.807) is 12.4 Å². The Labute approximate surface area is 111 Å². The molecule has 2 atom stereocenters. The van der Waals surface area contributed by atoms with Crippen LogP contribution >= 0.6 is 0 Å². The zero-order valence-corrected chi connectivity index (χ0v) is 12.3. The van der Waals surface area contributed by atoms with Crippen LogP contribution in [0.4, 0.5) is 0 Å². The molecular formula is C14H26N4. The summed E-state index contributed by atoms with van der Waals surface area (Å²) < 4.78 is 0. The van der Waals surface area contributed by atoms with Crippen LogP contribution in [0.5, 0.6) is 0 Å². The molecule has 0 saturated heterocycles. The minimum absolute atomic E-state index is 0.254. The summed E-state index contributed by atoms with van der Waals surface area (Å²) in [5, 5.41) is 3.51. The summed E-state index contributed by atoms with van der Waals surface area (Å²) in [7, 11) is 2.17. The molecule has 0 amide bonds. The molecule has 2 unspecified atom stereocenters. The van der Waals surface area contributed by atoms with Gasteiger partial charge in [-0.1, -0.05) is 6.92 Å². The highest BCUT2D eigenvalue weighted by Crippen LogP contribution is 2.11. The Balaban J connectivity index is 2.38. The van der Waals surface area contributed by atoms with Gasteiger partial charge in [-0.05, 0) is 34.2 Å². The smallest absolute Gasteiger partial charge is 0.0782 e. The van der Waals surface area contributed by atoms with Crippen molar-refractivity contribution in [3.8, 4) is 0 Å². The van der Waals surface area contributed by atoms with Crippen molar-refractivity contribution in [1.82, 2.24) is 20.2 Å². The molecule has 0 aromatic carbocycles. The summed E-state index contributed by atoms with van der Waals surface area (Å²) in [6, 6.07) is 0.893. The summed E-state index contributed by atoms with van der Waals surface area (Å²) in [5.41, 5.74) is 2.05. The van der Waals surface area contributed by atoms with Crippen LogP contribution < -0.4 is 5.32 Å². The molecule has 0 aliphatic heterocycles. The molecule has 0 aliphatic rings. The summed E-state index contributed by atoms with van der Waals surface area (Å²) in [6.07, 6.45) is 4.68. The predicted molar refractivity (Wildman–Crippen MR) is 75.6 cm³/mol. The van der Waals surface area contributed by atoms with E-state index in [-0.39, 0.29) is 6.04 Å². The Kier molecular flexibility index (Phi) is 6.22.